The maximum Gasteiger partial charge on any atom is 0.0473 e. The fourth-order valence-corrected chi connectivity index (χ4v) is 3.05. The molecule has 2 heteroatoms. The molecule has 1 rings (SSSR count). The second-order valence-electron chi connectivity index (χ2n) is 6.23. The highest BCUT2D eigenvalue weighted by Gasteiger charge is 2.25. The third-order valence-electron chi connectivity index (χ3n) is 4.04. The Bertz CT molecular complexity index is 383. The van der Waals surface area contributed by atoms with Crippen molar-refractivity contribution in [2.75, 3.05) is 13.1 Å². The lowest BCUT2D eigenvalue weighted by atomic mass is 9.98. The summed E-state index contributed by atoms with van der Waals surface area (Å²) in [4.78, 5) is 2.62. The Balaban J connectivity index is 3.06. The molecule has 1 atom stereocenters. The van der Waals surface area contributed by atoms with Crippen LogP contribution in [0.2, 0.25) is 0 Å². The molecule has 0 aromatic heterocycles. The molecule has 0 fully saturated rings. The lowest BCUT2D eigenvalue weighted by Crippen LogP contribution is -2.43. The predicted octanol–water partition coefficient (Wildman–Crippen LogP) is 4.14. The molecule has 20 heavy (non-hydrogen) atoms. The Morgan fingerprint density at radius 1 is 1.15 bits per heavy atom. The van der Waals surface area contributed by atoms with Crippen LogP contribution in [0.15, 0.2) is 24.3 Å². The maximum absolute atomic E-state index is 6.14. The van der Waals surface area contributed by atoms with Crippen LogP contribution in [0.5, 0.6) is 0 Å². The number of benzene rings is 1. The van der Waals surface area contributed by atoms with E-state index in [1.165, 1.54) is 24.0 Å². The molecule has 0 heterocycles. The molecule has 114 valence electrons. The summed E-state index contributed by atoms with van der Waals surface area (Å²) in [6.07, 6.45) is 2.37. The fourth-order valence-electron chi connectivity index (χ4n) is 3.05. The van der Waals surface area contributed by atoms with E-state index < -0.39 is 0 Å². The summed E-state index contributed by atoms with van der Waals surface area (Å²) >= 11 is 0. The van der Waals surface area contributed by atoms with Gasteiger partial charge in [-0.05, 0) is 31.2 Å². The molecule has 0 amide bonds. The summed E-state index contributed by atoms with van der Waals surface area (Å²) in [5.74, 6) is 0.662. The minimum atomic E-state index is 0.335. The molecule has 0 aliphatic heterocycles. The average Bonchev–Trinajstić information content (AvgIpc) is 2.40. The Kier molecular flexibility index (Phi) is 7.25. The number of nitrogens with zero attached hydrogens (tertiary/aromatic N) is 1. The van der Waals surface area contributed by atoms with Gasteiger partial charge in [-0.1, -0.05) is 57.5 Å². The van der Waals surface area contributed by atoms with Gasteiger partial charge in [0.1, 0.15) is 0 Å². The van der Waals surface area contributed by atoms with Gasteiger partial charge in [-0.3, -0.25) is 4.90 Å². The molecule has 0 spiro atoms. The van der Waals surface area contributed by atoms with Crippen molar-refractivity contribution in [3.8, 4) is 0 Å². The van der Waals surface area contributed by atoms with Gasteiger partial charge < -0.3 is 5.73 Å². The first-order valence-corrected chi connectivity index (χ1v) is 8.05. The van der Waals surface area contributed by atoms with Crippen LogP contribution in [0.3, 0.4) is 0 Å². The van der Waals surface area contributed by atoms with Crippen LogP contribution in [0.4, 0.5) is 0 Å². The molecule has 1 aromatic carbocycles. The van der Waals surface area contributed by atoms with E-state index in [2.05, 4.69) is 63.8 Å². The molecule has 2 N–H and O–H groups in total. The Morgan fingerprint density at radius 3 is 2.25 bits per heavy atom. The molecule has 0 radical (unpaired) electrons. The van der Waals surface area contributed by atoms with Gasteiger partial charge in [0.05, 0.1) is 0 Å². The summed E-state index contributed by atoms with van der Waals surface area (Å²) in [5.41, 5.74) is 8.81. The van der Waals surface area contributed by atoms with Crippen LogP contribution < -0.4 is 5.73 Å². The van der Waals surface area contributed by atoms with E-state index in [4.69, 9.17) is 5.73 Å². The van der Waals surface area contributed by atoms with Crippen molar-refractivity contribution >= 4 is 0 Å². The average molecular weight is 276 g/mol. The van der Waals surface area contributed by atoms with Crippen molar-refractivity contribution in [1.82, 2.24) is 4.90 Å². The molecule has 0 aliphatic rings. The fraction of sp³-hybridized carbons (Fsp3) is 0.667. The van der Waals surface area contributed by atoms with Gasteiger partial charge in [-0.15, -0.1) is 0 Å². The zero-order valence-corrected chi connectivity index (χ0v) is 13.9. The first kappa shape index (κ1) is 17.2. The summed E-state index contributed by atoms with van der Waals surface area (Å²) < 4.78 is 0. The minimum Gasteiger partial charge on any atom is -0.329 e. The number of rotatable bonds is 8. The first-order chi connectivity index (χ1) is 9.53. The third-order valence-corrected chi connectivity index (χ3v) is 4.04. The summed E-state index contributed by atoms with van der Waals surface area (Å²) in [6.45, 7) is 13.1. The Morgan fingerprint density at radius 2 is 1.80 bits per heavy atom. The molecule has 0 saturated heterocycles. The van der Waals surface area contributed by atoms with Gasteiger partial charge >= 0.3 is 0 Å². The minimum absolute atomic E-state index is 0.335. The third kappa shape index (κ3) is 4.60. The van der Waals surface area contributed by atoms with Crippen molar-refractivity contribution < 1.29 is 0 Å². The zero-order valence-electron chi connectivity index (χ0n) is 13.9. The molecule has 0 bridgehead atoms. The van der Waals surface area contributed by atoms with E-state index in [-0.39, 0.29) is 0 Å². The highest BCUT2D eigenvalue weighted by molar-refractivity contribution is 5.25. The Labute approximate surface area is 125 Å². The highest BCUT2D eigenvalue weighted by atomic mass is 15.2. The van der Waals surface area contributed by atoms with Crippen molar-refractivity contribution in [2.24, 2.45) is 11.7 Å². The standard InChI is InChI=1S/C18H32N2/c1-6-17(7-2)20(13-14(3)4)18(12-19)16-10-8-9-15(5)11-16/h8-11,14,17-18H,6-7,12-13,19H2,1-5H3. The van der Waals surface area contributed by atoms with E-state index in [9.17, 15) is 0 Å². The maximum atomic E-state index is 6.14. The molecular formula is C18H32N2. The van der Waals surface area contributed by atoms with Gasteiger partial charge in [-0.2, -0.15) is 0 Å². The normalized spacial score (nSPS) is 13.4. The summed E-state index contributed by atoms with van der Waals surface area (Å²) in [5, 5.41) is 0. The van der Waals surface area contributed by atoms with Gasteiger partial charge in [0.15, 0.2) is 0 Å². The molecule has 2 nitrogen and oxygen atoms in total. The van der Waals surface area contributed by atoms with E-state index >= 15 is 0 Å². The van der Waals surface area contributed by atoms with Crippen molar-refractivity contribution in [3.05, 3.63) is 35.4 Å². The monoisotopic (exact) mass is 276 g/mol. The smallest absolute Gasteiger partial charge is 0.0473 e. The summed E-state index contributed by atoms with van der Waals surface area (Å²) in [6, 6.07) is 9.76. The van der Waals surface area contributed by atoms with Crippen LogP contribution in [0, 0.1) is 12.8 Å². The number of hydrogen-bond acceptors (Lipinski definition) is 2. The van der Waals surface area contributed by atoms with E-state index in [1.54, 1.807) is 0 Å². The number of hydrogen-bond donors (Lipinski definition) is 1. The van der Waals surface area contributed by atoms with E-state index in [0.29, 0.717) is 24.5 Å². The van der Waals surface area contributed by atoms with E-state index in [1.807, 2.05) is 0 Å². The van der Waals surface area contributed by atoms with Crippen LogP contribution in [0.25, 0.3) is 0 Å². The second kappa shape index (κ2) is 8.43. The first-order valence-electron chi connectivity index (χ1n) is 8.05. The second-order valence-corrected chi connectivity index (χ2v) is 6.23. The lowest BCUT2D eigenvalue weighted by Gasteiger charge is -2.38. The number of aryl methyl sites for hydroxylation is 1. The topological polar surface area (TPSA) is 29.3 Å². The van der Waals surface area contributed by atoms with Crippen LogP contribution in [-0.2, 0) is 0 Å². The zero-order chi connectivity index (χ0) is 15.1. The number of nitrogens with two attached hydrogens (primary N) is 1. The predicted molar refractivity (Wildman–Crippen MR) is 88.9 cm³/mol. The quantitative estimate of drug-likeness (QED) is 0.773. The van der Waals surface area contributed by atoms with Crippen molar-refractivity contribution in [3.63, 3.8) is 0 Å². The Hall–Kier alpha value is -0.860. The van der Waals surface area contributed by atoms with Gasteiger partial charge in [0, 0.05) is 25.2 Å². The van der Waals surface area contributed by atoms with Gasteiger partial charge in [0.25, 0.3) is 0 Å². The van der Waals surface area contributed by atoms with Gasteiger partial charge in [-0.25, -0.2) is 0 Å². The molecule has 1 aromatic rings. The lowest BCUT2D eigenvalue weighted by molar-refractivity contribution is 0.112. The van der Waals surface area contributed by atoms with Crippen molar-refractivity contribution in [2.45, 2.75) is 59.5 Å². The highest BCUT2D eigenvalue weighted by Crippen LogP contribution is 2.26. The van der Waals surface area contributed by atoms with Gasteiger partial charge in [0.2, 0.25) is 0 Å². The molecule has 1 unspecified atom stereocenters. The van der Waals surface area contributed by atoms with Crippen LogP contribution in [-0.4, -0.2) is 24.0 Å². The van der Waals surface area contributed by atoms with Crippen molar-refractivity contribution in [1.29, 1.82) is 0 Å². The largest absolute Gasteiger partial charge is 0.329 e. The molecule has 0 saturated carbocycles. The van der Waals surface area contributed by atoms with Crippen LogP contribution >= 0.6 is 0 Å². The molecule has 0 aliphatic carbocycles. The van der Waals surface area contributed by atoms with Crippen LogP contribution in [0.1, 0.15) is 57.7 Å². The van der Waals surface area contributed by atoms with E-state index in [0.717, 1.165) is 6.54 Å². The molecular weight excluding hydrogens is 244 g/mol. The SMILES string of the molecule is CCC(CC)N(CC(C)C)C(CN)c1cccc(C)c1. The summed E-state index contributed by atoms with van der Waals surface area (Å²) in [7, 11) is 0.